The van der Waals surface area contributed by atoms with Crippen LogP contribution in [0.4, 0.5) is 5.82 Å². The van der Waals surface area contributed by atoms with Gasteiger partial charge < -0.3 is 15.4 Å². The van der Waals surface area contributed by atoms with E-state index in [0.717, 1.165) is 51.9 Å². The highest BCUT2D eigenvalue weighted by Gasteiger charge is 2.32. The maximum Gasteiger partial charge on any atom is 0.232 e. The van der Waals surface area contributed by atoms with Gasteiger partial charge in [0.1, 0.15) is 17.3 Å². The third-order valence-corrected chi connectivity index (χ3v) is 6.59. The van der Waals surface area contributed by atoms with Crippen molar-refractivity contribution < 1.29 is 9.53 Å². The molecule has 5 rings (SSSR count). The molecule has 0 radical (unpaired) electrons. The standard InChI is InChI=1S/C26H28N6O2S/c1-3-13-27-23-19-16-29-32(24(19)31-26(30-23)35-4-2)15-14-28-25(33)22-17-9-5-7-11-20(17)34-21-12-8-6-10-18(21)22/h5-12,16,22H,3-4,13-15H2,1-2H3,(H,28,33)(H,27,30,31). The van der Waals surface area contributed by atoms with Crippen LogP contribution >= 0.6 is 11.8 Å². The first-order valence-corrected chi connectivity index (χ1v) is 12.9. The fourth-order valence-corrected chi connectivity index (χ4v) is 4.82. The number of fused-ring (bicyclic) bond motifs is 3. The minimum absolute atomic E-state index is 0.0631. The molecule has 3 heterocycles. The van der Waals surface area contributed by atoms with Gasteiger partial charge >= 0.3 is 0 Å². The van der Waals surface area contributed by atoms with Gasteiger partial charge in [0.05, 0.1) is 24.0 Å². The Kier molecular flexibility index (Phi) is 6.85. The zero-order chi connectivity index (χ0) is 24.2. The van der Waals surface area contributed by atoms with E-state index in [-0.39, 0.29) is 5.91 Å². The zero-order valence-electron chi connectivity index (χ0n) is 19.8. The summed E-state index contributed by atoms with van der Waals surface area (Å²) >= 11 is 1.60. The number of rotatable bonds is 9. The molecule has 0 bridgehead atoms. The molecule has 0 aliphatic carbocycles. The number of ether oxygens (including phenoxy) is 1. The number of nitrogens with zero attached hydrogens (tertiary/aromatic N) is 4. The van der Waals surface area contributed by atoms with Crippen LogP contribution in [0.25, 0.3) is 11.0 Å². The maximum absolute atomic E-state index is 13.4. The summed E-state index contributed by atoms with van der Waals surface area (Å²) < 4.78 is 7.86. The van der Waals surface area contributed by atoms with Crippen molar-refractivity contribution in [1.82, 2.24) is 25.1 Å². The van der Waals surface area contributed by atoms with Crippen LogP contribution in [-0.4, -0.2) is 44.5 Å². The molecule has 0 fully saturated rings. The van der Waals surface area contributed by atoms with E-state index in [2.05, 4.69) is 34.6 Å². The Morgan fingerprint density at radius 2 is 1.74 bits per heavy atom. The molecule has 4 aromatic rings. The lowest BCUT2D eigenvalue weighted by molar-refractivity contribution is -0.121. The molecule has 1 aliphatic heterocycles. The van der Waals surface area contributed by atoms with Crippen molar-refractivity contribution in [2.45, 2.75) is 37.9 Å². The Labute approximate surface area is 208 Å². The average Bonchev–Trinajstić information content (AvgIpc) is 3.28. The van der Waals surface area contributed by atoms with Gasteiger partial charge in [-0.1, -0.05) is 62.0 Å². The summed E-state index contributed by atoms with van der Waals surface area (Å²) in [5, 5.41) is 12.6. The topological polar surface area (TPSA) is 94.0 Å². The average molecular weight is 489 g/mol. The Morgan fingerprint density at radius 3 is 2.43 bits per heavy atom. The van der Waals surface area contributed by atoms with Gasteiger partial charge in [-0.25, -0.2) is 14.6 Å². The van der Waals surface area contributed by atoms with Crippen LogP contribution in [0.2, 0.25) is 0 Å². The number of aromatic nitrogens is 4. The summed E-state index contributed by atoms with van der Waals surface area (Å²) in [6.07, 6.45) is 2.79. The van der Waals surface area contributed by atoms with Gasteiger partial charge in [-0.2, -0.15) is 5.10 Å². The first-order chi connectivity index (χ1) is 17.2. The Balaban J connectivity index is 1.35. The molecule has 2 aromatic heterocycles. The lowest BCUT2D eigenvalue weighted by Gasteiger charge is -2.27. The van der Waals surface area contributed by atoms with Gasteiger partial charge in [0, 0.05) is 24.2 Å². The second-order valence-electron chi connectivity index (χ2n) is 8.22. The van der Waals surface area contributed by atoms with Crippen molar-refractivity contribution in [2.75, 3.05) is 24.2 Å². The first kappa shape index (κ1) is 23.2. The van der Waals surface area contributed by atoms with E-state index in [1.807, 2.05) is 53.2 Å². The number of carbonyl (C=O) groups excluding carboxylic acids is 1. The minimum Gasteiger partial charge on any atom is -0.457 e. The second kappa shape index (κ2) is 10.4. The van der Waals surface area contributed by atoms with Gasteiger partial charge in [-0.3, -0.25) is 4.79 Å². The number of hydrogen-bond donors (Lipinski definition) is 2. The van der Waals surface area contributed by atoms with Crippen molar-refractivity contribution in [3.8, 4) is 11.5 Å². The monoisotopic (exact) mass is 488 g/mol. The number of carbonyl (C=O) groups is 1. The lowest BCUT2D eigenvalue weighted by Crippen LogP contribution is -2.33. The van der Waals surface area contributed by atoms with Crippen molar-refractivity contribution >= 4 is 34.5 Å². The second-order valence-corrected chi connectivity index (χ2v) is 9.45. The molecule has 1 amide bonds. The van der Waals surface area contributed by atoms with Crippen LogP contribution in [0.1, 0.15) is 37.3 Å². The lowest BCUT2D eigenvalue weighted by atomic mass is 9.87. The first-order valence-electron chi connectivity index (χ1n) is 11.9. The van der Waals surface area contributed by atoms with Crippen LogP contribution in [-0.2, 0) is 11.3 Å². The van der Waals surface area contributed by atoms with Crippen molar-refractivity contribution in [3.05, 3.63) is 65.9 Å². The molecular formula is C26H28N6O2S. The van der Waals surface area contributed by atoms with E-state index in [9.17, 15) is 4.79 Å². The van der Waals surface area contributed by atoms with E-state index in [1.54, 1.807) is 18.0 Å². The fourth-order valence-electron chi connectivity index (χ4n) is 4.25. The van der Waals surface area contributed by atoms with Gasteiger partial charge in [-0.05, 0) is 24.3 Å². The molecule has 0 atom stereocenters. The van der Waals surface area contributed by atoms with E-state index < -0.39 is 5.92 Å². The smallest absolute Gasteiger partial charge is 0.232 e. The van der Waals surface area contributed by atoms with Gasteiger partial charge in [0.25, 0.3) is 0 Å². The Bertz CT molecular complexity index is 1310. The van der Waals surface area contributed by atoms with Gasteiger partial charge in [0.15, 0.2) is 10.8 Å². The molecule has 9 heteroatoms. The van der Waals surface area contributed by atoms with Crippen LogP contribution in [0.3, 0.4) is 0 Å². The van der Waals surface area contributed by atoms with Crippen molar-refractivity contribution in [3.63, 3.8) is 0 Å². The van der Waals surface area contributed by atoms with E-state index in [4.69, 9.17) is 9.72 Å². The number of para-hydroxylation sites is 2. The summed E-state index contributed by atoms with van der Waals surface area (Å²) in [4.78, 5) is 22.8. The predicted octanol–water partition coefficient (Wildman–Crippen LogP) is 4.81. The van der Waals surface area contributed by atoms with Crippen LogP contribution < -0.4 is 15.4 Å². The Morgan fingerprint density at radius 1 is 1.03 bits per heavy atom. The number of benzene rings is 2. The van der Waals surface area contributed by atoms with Crippen LogP contribution in [0.15, 0.2) is 59.9 Å². The quantitative estimate of drug-likeness (QED) is 0.258. The molecule has 0 saturated heterocycles. The number of thioether (sulfide) groups is 1. The molecule has 2 N–H and O–H groups in total. The van der Waals surface area contributed by atoms with Gasteiger partial charge in [0.2, 0.25) is 5.91 Å². The molecule has 35 heavy (non-hydrogen) atoms. The van der Waals surface area contributed by atoms with Crippen molar-refractivity contribution in [1.29, 1.82) is 0 Å². The number of amides is 1. The summed E-state index contributed by atoms with van der Waals surface area (Å²) in [7, 11) is 0. The van der Waals surface area contributed by atoms with Gasteiger partial charge in [-0.15, -0.1) is 0 Å². The van der Waals surface area contributed by atoms with Crippen molar-refractivity contribution in [2.24, 2.45) is 0 Å². The maximum atomic E-state index is 13.4. The fraction of sp³-hybridized carbons (Fsp3) is 0.308. The summed E-state index contributed by atoms with van der Waals surface area (Å²) in [6, 6.07) is 15.4. The van der Waals surface area contributed by atoms with E-state index in [1.165, 1.54) is 0 Å². The highest BCUT2D eigenvalue weighted by atomic mass is 32.2. The zero-order valence-corrected chi connectivity index (χ0v) is 20.6. The molecule has 180 valence electrons. The van der Waals surface area contributed by atoms with Crippen LogP contribution in [0, 0.1) is 0 Å². The van der Waals surface area contributed by atoms with Crippen LogP contribution in [0.5, 0.6) is 11.5 Å². The molecule has 0 unspecified atom stereocenters. The molecule has 0 saturated carbocycles. The molecule has 2 aromatic carbocycles. The van der Waals surface area contributed by atoms with E-state index in [0.29, 0.717) is 24.6 Å². The molecule has 1 aliphatic rings. The summed E-state index contributed by atoms with van der Waals surface area (Å²) in [6.45, 7) is 5.96. The SMILES string of the molecule is CCCNc1nc(SCC)nc2c1cnn2CCNC(=O)C1c2ccccc2Oc2ccccc21. The molecule has 8 nitrogen and oxygen atoms in total. The molecule has 0 spiro atoms. The minimum atomic E-state index is -0.426. The highest BCUT2D eigenvalue weighted by molar-refractivity contribution is 7.99. The normalized spacial score (nSPS) is 12.6. The predicted molar refractivity (Wildman–Crippen MR) is 138 cm³/mol. The Hall–Kier alpha value is -3.59. The molecular weight excluding hydrogens is 460 g/mol. The number of nitrogens with one attached hydrogen (secondary N) is 2. The third-order valence-electron chi connectivity index (χ3n) is 5.86. The summed E-state index contributed by atoms with van der Waals surface area (Å²) in [5.74, 6) is 2.63. The largest absolute Gasteiger partial charge is 0.457 e. The summed E-state index contributed by atoms with van der Waals surface area (Å²) in [5.41, 5.74) is 2.51. The van der Waals surface area contributed by atoms with E-state index >= 15 is 0 Å². The number of anilines is 1. The third kappa shape index (κ3) is 4.68. The number of hydrogen-bond acceptors (Lipinski definition) is 7. The highest BCUT2D eigenvalue weighted by Crippen LogP contribution is 2.43.